The van der Waals surface area contributed by atoms with Crippen molar-refractivity contribution in [3.63, 3.8) is 0 Å². The van der Waals surface area contributed by atoms with E-state index in [1.54, 1.807) is 13.8 Å². The molecule has 0 N–H and O–H groups in total. The Morgan fingerprint density at radius 1 is 1.00 bits per heavy atom. The fraction of sp³-hybridized carbons (Fsp3) is 0.600. The van der Waals surface area contributed by atoms with Gasteiger partial charge in [0.25, 0.3) is 0 Å². The lowest BCUT2D eigenvalue weighted by Crippen LogP contribution is -2.39. The molecule has 1 aliphatic carbocycles. The smallest absolute Gasteiger partial charge is 0.324 e. The quantitative estimate of drug-likeness (QED) is 0.580. The van der Waals surface area contributed by atoms with E-state index in [-0.39, 0.29) is 13.2 Å². The first-order valence-electron chi connectivity index (χ1n) is 6.70. The number of carbonyl (C=O) groups is 2. The van der Waals surface area contributed by atoms with Crippen molar-refractivity contribution < 1.29 is 19.1 Å². The van der Waals surface area contributed by atoms with Crippen molar-refractivity contribution in [1.82, 2.24) is 0 Å². The standard InChI is InChI=1S/C15H22O4/c1-5-11-9-15(10-12(11)6-2,13(16)18-7-3)14(17)19-8-4/h5-6H,7-10H2,1-4H3/b11-5+,12-6+. The molecule has 0 radical (unpaired) electrons. The Hall–Kier alpha value is -1.58. The van der Waals surface area contributed by atoms with Crippen molar-refractivity contribution in [1.29, 1.82) is 0 Å². The number of hydrogen-bond acceptors (Lipinski definition) is 4. The molecule has 19 heavy (non-hydrogen) atoms. The Balaban J connectivity index is 3.16. The number of rotatable bonds is 4. The minimum Gasteiger partial charge on any atom is -0.465 e. The lowest BCUT2D eigenvalue weighted by Gasteiger charge is -2.23. The highest BCUT2D eigenvalue weighted by Gasteiger charge is 2.53. The van der Waals surface area contributed by atoms with Crippen LogP contribution in [0.15, 0.2) is 23.3 Å². The SMILES string of the molecule is C/C=C1\CC(C(=O)OCC)(C(=O)OCC)C\C1=C/C. The summed E-state index contributed by atoms with van der Waals surface area (Å²) in [6, 6.07) is 0. The maximum Gasteiger partial charge on any atom is 0.324 e. The predicted octanol–water partition coefficient (Wildman–Crippen LogP) is 2.79. The lowest BCUT2D eigenvalue weighted by molar-refractivity contribution is -0.171. The molecule has 4 heteroatoms. The zero-order valence-corrected chi connectivity index (χ0v) is 12.1. The van der Waals surface area contributed by atoms with E-state index in [1.807, 2.05) is 26.0 Å². The maximum absolute atomic E-state index is 12.2. The zero-order valence-electron chi connectivity index (χ0n) is 12.1. The van der Waals surface area contributed by atoms with E-state index in [2.05, 4.69) is 0 Å². The molecule has 0 aromatic heterocycles. The number of ether oxygens (including phenoxy) is 2. The van der Waals surface area contributed by atoms with Crippen molar-refractivity contribution in [3.8, 4) is 0 Å². The number of hydrogen-bond donors (Lipinski definition) is 0. The first-order valence-corrected chi connectivity index (χ1v) is 6.70. The second kappa shape index (κ2) is 6.55. The molecule has 0 heterocycles. The molecule has 0 spiro atoms. The summed E-state index contributed by atoms with van der Waals surface area (Å²) in [7, 11) is 0. The minimum atomic E-state index is -1.20. The molecule has 0 aromatic rings. The summed E-state index contributed by atoms with van der Waals surface area (Å²) in [6.07, 6.45) is 4.60. The highest BCUT2D eigenvalue weighted by atomic mass is 16.6. The molecule has 106 valence electrons. The van der Waals surface area contributed by atoms with Crippen LogP contribution in [0.25, 0.3) is 0 Å². The molecule has 1 aliphatic rings. The van der Waals surface area contributed by atoms with Crippen LogP contribution in [-0.2, 0) is 19.1 Å². The van der Waals surface area contributed by atoms with Crippen molar-refractivity contribution in [2.24, 2.45) is 5.41 Å². The fourth-order valence-corrected chi connectivity index (χ4v) is 2.43. The molecule has 4 nitrogen and oxygen atoms in total. The van der Waals surface area contributed by atoms with Crippen LogP contribution in [0.1, 0.15) is 40.5 Å². The topological polar surface area (TPSA) is 52.6 Å². The van der Waals surface area contributed by atoms with Gasteiger partial charge in [0.2, 0.25) is 0 Å². The van der Waals surface area contributed by atoms with E-state index in [0.717, 1.165) is 11.1 Å². The van der Waals surface area contributed by atoms with E-state index in [1.165, 1.54) is 0 Å². The van der Waals surface area contributed by atoms with Gasteiger partial charge in [-0.25, -0.2) is 0 Å². The molecule has 1 fully saturated rings. The summed E-state index contributed by atoms with van der Waals surface area (Å²) >= 11 is 0. The molecular formula is C15H22O4. The van der Waals surface area contributed by atoms with Gasteiger partial charge in [-0.1, -0.05) is 12.2 Å². The van der Waals surface area contributed by atoms with Crippen LogP contribution in [0, 0.1) is 5.41 Å². The zero-order chi connectivity index (χ0) is 14.5. The second-order valence-electron chi connectivity index (χ2n) is 4.50. The van der Waals surface area contributed by atoms with Crippen LogP contribution in [0.3, 0.4) is 0 Å². The average molecular weight is 266 g/mol. The molecular weight excluding hydrogens is 244 g/mol. The molecule has 0 aliphatic heterocycles. The molecule has 0 unspecified atom stereocenters. The van der Waals surface area contributed by atoms with Crippen molar-refractivity contribution >= 4 is 11.9 Å². The van der Waals surface area contributed by atoms with Gasteiger partial charge in [-0.3, -0.25) is 9.59 Å². The predicted molar refractivity (Wildman–Crippen MR) is 72.4 cm³/mol. The largest absolute Gasteiger partial charge is 0.465 e. The van der Waals surface area contributed by atoms with Crippen LogP contribution in [0.4, 0.5) is 0 Å². The number of esters is 2. The first kappa shape index (κ1) is 15.5. The van der Waals surface area contributed by atoms with E-state index in [0.29, 0.717) is 12.8 Å². The van der Waals surface area contributed by atoms with E-state index >= 15 is 0 Å². The minimum absolute atomic E-state index is 0.260. The van der Waals surface area contributed by atoms with E-state index in [4.69, 9.17) is 9.47 Å². The van der Waals surface area contributed by atoms with Gasteiger partial charge < -0.3 is 9.47 Å². The van der Waals surface area contributed by atoms with Gasteiger partial charge >= 0.3 is 11.9 Å². The summed E-state index contributed by atoms with van der Waals surface area (Å²) in [5, 5.41) is 0. The van der Waals surface area contributed by atoms with Crippen LogP contribution in [0.2, 0.25) is 0 Å². The molecule has 0 atom stereocenters. The van der Waals surface area contributed by atoms with Crippen LogP contribution >= 0.6 is 0 Å². The van der Waals surface area contributed by atoms with E-state index < -0.39 is 17.4 Å². The Bertz CT molecular complexity index is 378. The maximum atomic E-state index is 12.2. The molecule has 1 rings (SSSR count). The monoisotopic (exact) mass is 266 g/mol. The Morgan fingerprint density at radius 2 is 1.37 bits per heavy atom. The van der Waals surface area contributed by atoms with Crippen LogP contribution in [0.5, 0.6) is 0 Å². The molecule has 0 amide bonds. The van der Waals surface area contributed by atoms with Gasteiger partial charge in [0.05, 0.1) is 13.2 Å². The van der Waals surface area contributed by atoms with Gasteiger partial charge in [-0.2, -0.15) is 0 Å². The first-order chi connectivity index (χ1) is 9.05. The highest BCUT2D eigenvalue weighted by Crippen LogP contribution is 2.46. The molecule has 0 bridgehead atoms. The summed E-state index contributed by atoms with van der Waals surface area (Å²) in [6.45, 7) is 7.81. The Labute approximate surface area is 114 Å². The third-order valence-corrected chi connectivity index (χ3v) is 3.43. The van der Waals surface area contributed by atoms with Crippen LogP contribution in [-0.4, -0.2) is 25.2 Å². The lowest BCUT2D eigenvalue weighted by atomic mass is 9.85. The average Bonchev–Trinajstić information content (AvgIpc) is 2.79. The van der Waals surface area contributed by atoms with Crippen LogP contribution < -0.4 is 0 Å². The number of carbonyl (C=O) groups excluding carboxylic acids is 2. The van der Waals surface area contributed by atoms with E-state index in [9.17, 15) is 9.59 Å². The van der Waals surface area contributed by atoms with Crippen molar-refractivity contribution in [2.45, 2.75) is 40.5 Å². The van der Waals surface area contributed by atoms with Crippen molar-refractivity contribution in [3.05, 3.63) is 23.3 Å². The summed E-state index contributed by atoms with van der Waals surface area (Å²) < 4.78 is 10.2. The Kier molecular flexibility index (Phi) is 5.33. The fourth-order valence-electron chi connectivity index (χ4n) is 2.43. The second-order valence-corrected chi connectivity index (χ2v) is 4.50. The van der Waals surface area contributed by atoms with Gasteiger partial charge in [0.1, 0.15) is 0 Å². The van der Waals surface area contributed by atoms with Gasteiger partial charge in [-0.05, 0) is 51.7 Å². The van der Waals surface area contributed by atoms with Gasteiger partial charge in [0, 0.05) is 0 Å². The van der Waals surface area contributed by atoms with Crippen molar-refractivity contribution in [2.75, 3.05) is 13.2 Å². The van der Waals surface area contributed by atoms with Gasteiger partial charge in [0.15, 0.2) is 5.41 Å². The molecule has 0 aromatic carbocycles. The van der Waals surface area contributed by atoms with Gasteiger partial charge in [-0.15, -0.1) is 0 Å². The third-order valence-electron chi connectivity index (χ3n) is 3.43. The summed E-state index contributed by atoms with van der Waals surface area (Å²) in [5.74, 6) is -0.964. The normalized spacial score (nSPS) is 21.7. The third kappa shape index (κ3) is 2.88. The molecule has 1 saturated carbocycles. The molecule has 0 saturated heterocycles. The Morgan fingerprint density at radius 3 is 1.63 bits per heavy atom. The summed E-state index contributed by atoms with van der Waals surface area (Å²) in [4.78, 5) is 24.5. The number of allylic oxidation sites excluding steroid dienone is 4. The highest BCUT2D eigenvalue weighted by molar-refractivity contribution is 6.02. The summed E-state index contributed by atoms with van der Waals surface area (Å²) in [5.41, 5.74) is 0.836.